The van der Waals surface area contributed by atoms with Gasteiger partial charge in [-0.15, -0.1) is 0 Å². The first-order chi connectivity index (χ1) is 9.90. The van der Waals surface area contributed by atoms with E-state index in [-0.39, 0.29) is 12.2 Å². The van der Waals surface area contributed by atoms with Crippen LogP contribution in [0.2, 0.25) is 0 Å². The zero-order valence-electron chi connectivity index (χ0n) is 11.0. The fourth-order valence-corrected chi connectivity index (χ4v) is 2.52. The zero-order valence-corrected chi connectivity index (χ0v) is 11.0. The highest BCUT2D eigenvalue weighted by Gasteiger charge is 2.28. The van der Waals surface area contributed by atoms with Crippen LogP contribution >= 0.6 is 0 Å². The number of nitrogens with zero attached hydrogens (tertiary/aromatic N) is 2. The summed E-state index contributed by atoms with van der Waals surface area (Å²) in [5.74, 6) is -1.57. The molecular formula is C13H14F2N2O4. The van der Waals surface area contributed by atoms with E-state index < -0.39 is 34.5 Å². The minimum absolute atomic E-state index is 0.132. The van der Waals surface area contributed by atoms with Gasteiger partial charge in [0.15, 0.2) is 0 Å². The van der Waals surface area contributed by atoms with Gasteiger partial charge in [-0.2, -0.15) is 0 Å². The molecule has 1 unspecified atom stereocenters. The molecule has 8 heteroatoms. The van der Waals surface area contributed by atoms with E-state index in [1.165, 1.54) is 6.07 Å². The number of piperidine rings is 1. The molecule has 0 amide bonds. The van der Waals surface area contributed by atoms with Crippen LogP contribution in [0.25, 0.3) is 0 Å². The first-order valence-electron chi connectivity index (χ1n) is 6.44. The summed E-state index contributed by atoms with van der Waals surface area (Å²) < 4.78 is 26.2. The third-order valence-electron chi connectivity index (χ3n) is 3.57. The van der Waals surface area contributed by atoms with Gasteiger partial charge in [-0.05, 0) is 18.9 Å². The van der Waals surface area contributed by atoms with Gasteiger partial charge in [-0.3, -0.25) is 14.9 Å². The summed E-state index contributed by atoms with van der Waals surface area (Å²) in [4.78, 5) is 22.5. The van der Waals surface area contributed by atoms with Gasteiger partial charge in [0.25, 0.3) is 12.1 Å². The van der Waals surface area contributed by atoms with Crippen molar-refractivity contribution in [3.8, 4) is 0 Å². The van der Waals surface area contributed by atoms with Crippen molar-refractivity contribution in [2.75, 3.05) is 18.0 Å². The second-order valence-corrected chi connectivity index (χ2v) is 4.92. The molecule has 0 bridgehead atoms. The molecule has 2 rings (SSSR count). The summed E-state index contributed by atoms with van der Waals surface area (Å²) in [6, 6.07) is 3.28. The standard InChI is InChI=1S/C13H14F2N2O4/c14-12(15)10-6-9(17(20)21)3-4-11(10)16-5-1-2-8(7-16)13(18)19/h3-4,6,8,12H,1-2,5,7H2,(H,18,19). The molecule has 0 aromatic heterocycles. The number of halogens is 2. The van der Waals surface area contributed by atoms with Crippen LogP contribution in [0.3, 0.4) is 0 Å². The van der Waals surface area contributed by atoms with Crippen LogP contribution in [0, 0.1) is 16.0 Å². The molecule has 1 atom stereocenters. The van der Waals surface area contributed by atoms with Crippen molar-refractivity contribution < 1.29 is 23.6 Å². The molecule has 0 aliphatic carbocycles. The Balaban J connectivity index is 2.34. The smallest absolute Gasteiger partial charge is 0.308 e. The normalized spacial score (nSPS) is 18.8. The summed E-state index contributed by atoms with van der Waals surface area (Å²) in [6.45, 7) is 0.591. The summed E-state index contributed by atoms with van der Waals surface area (Å²) in [7, 11) is 0. The van der Waals surface area contributed by atoms with Gasteiger partial charge in [0.1, 0.15) is 0 Å². The number of rotatable bonds is 4. The Hall–Kier alpha value is -2.25. The Morgan fingerprint density at radius 3 is 2.76 bits per heavy atom. The van der Waals surface area contributed by atoms with Crippen molar-refractivity contribution in [1.29, 1.82) is 0 Å². The van der Waals surface area contributed by atoms with Crippen molar-refractivity contribution in [3.63, 3.8) is 0 Å². The average molecular weight is 300 g/mol. The minimum Gasteiger partial charge on any atom is -0.481 e. The maximum absolute atomic E-state index is 13.1. The van der Waals surface area contributed by atoms with Gasteiger partial charge in [0.05, 0.1) is 10.8 Å². The number of carboxylic acids is 1. The van der Waals surface area contributed by atoms with Gasteiger partial charge in [-0.1, -0.05) is 0 Å². The molecule has 1 aromatic carbocycles. The van der Waals surface area contributed by atoms with E-state index in [4.69, 9.17) is 5.11 Å². The quantitative estimate of drug-likeness (QED) is 0.682. The van der Waals surface area contributed by atoms with E-state index in [0.29, 0.717) is 19.4 Å². The van der Waals surface area contributed by atoms with Crippen molar-refractivity contribution in [3.05, 3.63) is 33.9 Å². The molecule has 21 heavy (non-hydrogen) atoms. The van der Waals surface area contributed by atoms with Crippen molar-refractivity contribution in [1.82, 2.24) is 0 Å². The van der Waals surface area contributed by atoms with Gasteiger partial charge in [0.2, 0.25) is 0 Å². The molecule has 1 aliphatic heterocycles. The maximum atomic E-state index is 13.1. The van der Waals surface area contributed by atoms with E-state index in [9.17, 15) is 23.7 Å². The van der Waals surface area contributed by atoms with Crippen molar-refractivity contribution in [2.24, 2.45) is 5.92 Å². The highest BCUT2D eigenvalue weighted by molar-refractivity contribution is 5.71. The van der Waals surface area contributed by atoms with Gasteiger partial charge < -0.3 is 10.0 Å². The van der Waals surface area contributed by atoms with E-state index in [1.54, 1.807) is 4.90 Å². The Morgan fingerprint density at radius 2 is 2.19 bits per heavy atom. The molecule has 0 saturated carbocycles. The number of hydrogen-bond donors (Lipinski definition) is 1. The molecular weight excluding hydrogens is 286 g/mol. The fraction of sp³-hybridized carbons (Fsp3) is 0.462. The molecule has 1 fully saturated rings. The largest absolute Gasteiger partial charge is 0.481 e. The number of alkyl halides is 2. The maximum Gasteiger partial charge on any atom is 0.308 e. The average Bonchev–Trinajstić information content (AvgIpc) is 2.46. The van der Waals surface area contributed by atoms with Crippen LogP contribution in [0.4, 0.5) is 20.2 Å². The number of carboxylic acid groups (broad SMARTS) is 1. The van der Waals surface area contributed by atoms with Crippen LogP contribution in [0.1, 0.15) is 24.8 Å². The highest BCUT2D eigenvalue weighted by Crippen LogP contribution is 2.35. The first kappa shape index (κ1) is 15.1. The molecule has 1 N–H and O–H groups in total. The molecule has 1 aromatic rings. The molecule has 114 valence electrons. The van der Waals surface area contributed by atoms with Crippen molar-refractivity contribution in [2.45, 2.75) is 19.3 Å². The molecule has 1 saturated heterocycles. The number of benzene rings is 1. The van der Waals surface area contributed by atoms with Crippen LogP contribution in [-0.2, 0) is 4.79 Å². The van der Waals surface area contributed by atoms with Crippen LogP contribution in [0.5, 0.6) is 0 Å². The molecule has 1 aliphatic rings. The van der Waals surface area contributed by atoms with Gasteiger partial charge in [0, 0.05) is 36.5 Å². The number of nitro groups is 1. The Labute approximate surface area is 119 Å². The van der Waals surface area contributed by atoms with E-state index in [2.05, 4.69) is 0 Å². The highest BCUT2D eigenvalue weighted by atomic mass is 19.3. The molecule has 6 nitrogen and oxygen atoms in total. The van der Waals surface area contributed by atoms with E-state index in [0.717, 1.165) is 12.1 Å². The number of carbonyl (C=O) groups is 1. The fourth-order valence-electron chi connectivity index (χ4n) is 2.52. The lowest BCUT2D eigenvalue weighted by Crippen LogP contribution is -2.39. The molecule has 0 radical (unpaired) electrons. The predicted molar refractivity (Wildman–Crippen MR) is 70.6 cm³/mol. The topological polar surface area (TPSA) is 83.7 Å². The van der Waals surface area contributed by atoms with Crippen LogP contribution in [0.15, 0.2) is 18.2 Å². The number of aliphatic carboxylic acids is 1. The van der Waals surface area contributed by atoms with Crippen LogP contribution in [-0.4, -0.2) is 29.1 Å². The number of anilines is 1. The van der Waals surface area contributed by atoms with Gasteiger partial charge >= 0.3 is 5.97 Å². The second-order valence-electron chi connectivity index (χ2n) is 4.92. The zero-order chi connectivity index (χ0) is 15.6. The van der Waals surface area contributed by atoms with Crippen LogP contribution < -0.4 is 4.90 Å². The lowest BCUT2D eigenvalue weighted by molar-refractivity contribution is -0.385. The summed E-state index contributed by atoms with van der Waals surface area (Å²) in [5.41, 5.74) is -0.669. The number of non-ortho nitro benzene ring substituents is 1. The first-order valence-corrected chi connectivity index (χ1v) is 6.44. The third-order valence-corrected chi connectivity index (χ3v) is 3.57. The molecule has 1 heterocycles. The van der Waals surface area contributed by atoms with Crippen molar-refractivity contribution >= 4 is 17.3 Å². The minimum atomic E-state index is -2.86. The van der Waals surface area contributed by atoms with Gasteiger partial charge in [-0.25, -0.2) is 8.78 Å². The Kier molecular flexibility index (Phi) is 4.35. The lowest BCUT2D eigenvalue weighted by atomic mass is 9.97. The van der Waals surface area contributed by atoms with E-state index >= 15 is 0 Å². The SMILES string of the molecule is O=C(O)C1CCCN(c2ccc([N+](=O)[O-])cc2C(F)F)C1. The second kappa shape index (κ2) is 6.02. The summed E-state index contributed by atoms with van der Waals surface area (Å²) >= 11 is 0. The summed E-state index contributed by atoms with van der Waals surface area (Å²) in [5, 5.41) is 19.7. The lowest BCUT2D eigenvalue weighted by Gasteiger charge is -2.33. The summed E-state index contributed by atoms with van der Waals surface area (Å²) in [6.07, 6.45) is -1.77. The monoisotopic (exact) mass is 300 g/mol. The predicted octanol–water partition coefficient (Wildman–Crippen LogP) is 2.83. The Morgan fingerprint density at radius 1 is 1.48 bits per heavy atom. The van der Waals surface area contributed by atoms with E-state index in [1.807, 2.05) is 0 Å². The Bertz CT molecular complexity index is 565. The number of nitro benzene ring substituents is 1. The number of hydrogen-bond acceptors (Lipinski definition) is 4. The third kappa shape index (κ3) is 3.26. The molecule has 0 spiro atoms.